The molecular weight excluding hydrogens is 336 g/mol. The van der Waals surface area contributed by atoms with Gasteiger partial charge >= 0.3 is 0 Å². The van der Waals surface area contributed by atoms with E-state index < -0.39 is 0 Å². The molecule has 4 heteroatoms. The van der Waals surface area contributed by atoms with Crippen molar-refractivity contribution in [2.24, 2.45) is 0 Å². The van der Waals surface area contributed by atoms with Gasteiger partial charge in [0.1, 0.15) is 0 Å². The Hall–Kier alpha value is -2.36. The van der Waals surface area contributed by atoms with Gasteiger partial charge in [0.2, 0.25) is 0 Å². The van der Waals surface area contributed by atoms with Gasteiger partial charge in [0.15, 0.2) is 11.6 Å². The summed E-state index contributed by atoms with van der Waals surface area (Å²) in [4.78, 5) is 30.4. The SMILES string of the molecule is CCN1C2=C(C(=O)CCC2)C(c2ccc(N(C)C)cc2)C2=C1CCCC2=O. The van der Waals surface area contributed by atoms with Crippen LogP contribution in [0, 0.1) is 0 Å². The molecule has 2 aliphatic carbocycles. The predicted octanol–water partition coefficient (Wildman–Crippen LogP) is 4.19. The van der Waals surface area contributed by atoms with Crippen LogP contribution in [0.1, 0.15) is 56.9 Å². The summed E-state index contributed by atoms with van der Waals surface area (Å²) in [5.41, 5.74) is 6.30. The van der Waals surface area contributed by atoms with E-state index in [1.807, 2.05) is 14.1 Å². The third kappa shape index (κ3) is 2.91. The topological polar surface area (TPSA) is 40.6 Å². The maximum absolute atomic E-state index is 13.0. The number of ketones is 2. The molecule has 1 heterocycles. The fraction of sp³-hybridized carbons (Fsp3) is 0.478. The molecule has 0 aromatic heterocycles. The second-order valence-corrected chi connectivity index (χ2v) is 7.94. The largest absolute Gasteiger partial charge is 0.378 e. The van der Waals surface area contributed by atoms with Crippen LogP contribution in [0.4, 0.5) is 5.69 Å². The van der Waals surface area contributed by atoms with Crippen LogP contribution in [0.3, 0.4) is 0 Å². The molecule has 142 valence electrons. The molecule has 3 aliphatic rings. The van der Waals surface area contributed by atoms with Crippen LogP contribution >= 0.6 is 0 Å². The molecule has 4 rings (SSSR count). The lowest BCUT2D eigenvalue weighted by Crippen LogP contribution is -2.39. The van der Waals surface area contributed by atoms with E-state index in [0.717, 1.165) is 54.6 Å². The Morgan fingerprint density at radius 2 is 1.41 bits per heavy atom. The van der Waals surface area contributed by atoms with Gasteiger partial charge in [0.25, 0.3) is 0 Å². The standard InChI is InChI=1S/C23H28N2O2/c1-4-25-17-7-5-9-19(26)22(17)21(23-18(25)8-6-10-20(23)27)15-11-13-16(14-12-15)24(2)3/h11-14,21H,4-10H2,1-3H3. The van der Waals surface area contributed by atoms with Crippen molar-refractivity contribution in [2.75, 3.05) is 25.5 Å². The summed E-state index contributed by atoms with van der Waals surface area (Å²) in [6, 6.07) is 8.37. The molecule has 27 heavy (non-hydrogen) atoms. The smallest absolute Gasteiger partial charge is 0.161 e. The van der Waals surface area contributed by atoms with Crippen LogP contribution in [0.25, 0.3) is 0 Å². The first-order chi connectivity index (χ1) is 13.0. The lowest BCUT2D eigenvalue weighted by Gasteiger charge is -2.43. The molecule has 0 fully saturated rings. The van der Waals surface area contributed by atoms with Crippen LogP contribution in [-0.4, -0.2) is 37.1 Å². The molecule has 0 saturated carbocycles. The van der Waals surface area contributed by atoms with E-state index >= 15 is 0 Å². The number of anilines is 1. The summed E-state index contributed by atoms with van der Waals surface area (Å²) >= 11 is 0. The fourth-order valence-corrected chi connectivity index (χ4v) is 4.90. The first kappa shape index (κ1) is 18.0. The number of hydrogen-bond donors (Lipinski definition) is 0. The summed E-state index contributed by atoms with van der Waals surface area (Å²) in [5, 5.41) is 0. The highest BCUT2D eigenvalue weighted by molar-refractivity contribution is 6.06. The number of carbonyl (C=O) groups is 2. The molecular formula is C23H28N2O2. The summed E-state index contributed by atoms with van der Waals surface area (Å²) in [7, 11) is 4.04. The zero-order chi connectivity index (χ0) is 19.1. The molecule has 0 N–H and O–H groups in total. The Bertz CT molecular complexity index is 802. The lowest BCUT2D eigenvalue weighted by molar-refractivity contribution is -0.117. The monoisotopic (exact) mass is 364 g/mol. The van der Waals surface area contributed by atoms with Crippen LogP contribution in [0.15, 0.2) is 46.8 Å². The Morgan fingerprint density at radius 3 is 1.85 bits per heavy atom. The van der Waals surface area contributed by atoms with E-state index in [1.54, 1.807) is 0 Å². The van der Waals surface area contributed by atoms with E-state index in [4.69, 9.17) is 0 Å². The highest BCUT2D eigenvalue weighted by atomic mass is 16.1. The molecule has 1 aliphatic heterocycles. The highest BCUT2D eigenvalue weighted by Gasteiger charge is 2.42. The number of carbonyl (C=O) groups excluding carboxylic acids is 2. The first-order valence-electron chi connectivity index (χ1n) is 10.1. The first-order valence-corrected chi connectivity index (χ1v) is 10.1. The van der Waals surface area contributed by atoms with Gasteiger partial charge in [0.05, 0.1) is 0 Å². The second kappa shape index (κ2) is 6.99. The summed E-state index contributed by atoms with van der Waals surface area (Å²) in [5.74, 6) is 0.261. The predicted molar refractivity (Wildman–Crippen MR) is 108 cm³/mol. The number of hydrogen-bond acceptors (Lipinski definition) is 4. The highest BCUT2D eigenvalue weighted by Crippen LogP contribution is 2.49. The van der Waals surface area contributed by atoms with Gasteiger partial charge in [-0.25, -0.2) is 0 Å². The Balaban J connectivity index is 1.90. The maximum Gasteiger partial charge on any atom is 0.161 e. The normalized spacial score (nSPS) is 20.8. The van der Waals surface area contributed by atoms with Gasteiger partial charge in [-0.1, -0.05) is 12.1 Å². The molecule has 0 saturated heterocycles. The quantitative estimate of drug-likeness (QED) is 0.806. The third-order valence-corrected chi connectivity index (χ3v) is 6.15. The van der Waals surface area contributed by atoms with Crippen LogP contribution in [0.5, 0.6) is 0 Å². The van der Waals surface area contributed by atoms with Crippen LogP contribution in [-0.2, 0) is 9.59 Å². The number of nitrogens with zero attached hydrogens (tertiary/aromatic N) is 2. The Kier molecular flexibility index (Phi) is 4.67. The van der Waals surface area contributed by atoms with Gasteiger partial charge in [0, 0.05) is 67.6 Å². The number of rotatable bonds is 3. The molecule has 0 unspecified atom stereocenters. The van der Waals surface area contributed by atoms with Crippen molar-refractivity contribution < 1.29 is 9.59 Å². The van der Waals surface area contributed by atoms with E-state index in [-0.39, 0.29) is 17.5 Å². The molecule has 0 spiro atoms. The third-order valence-electron chi connectivity index (χ3n) is 6.15. The number of benzene rings is 1. The van der Waals surface area contributed by atoms with Crippen molar-refractivity contribution in [3.05, 3.63) is 52.4 Å². The molecule has 4 nitrogen and oxygen atoms in total. The van der Waals surface area contributed by atoms with Crippen molar-refractivity contribution in [3.8, 4) is 0 Å². The van der Waals surface area contributed by atoms with Gasteiger partial charge in [-0.15, -0.1) is 0 Å². The average molecular weight is 364 g/mol. The molecule has 0 amide bonds. The minimum absolute atomic E-state index is 0.186. The molecule has 0 bridgehead atoms. The van der Waals surface area contributed by atoms with Crippen molar-refractivity contribution in [1.82, 2.24) is 4.90 Å². The van der Waals surface area contributed by atoms with E-state index in [2.05, 4.69) is 41.0 Å². The van der Waals surface area contributed by atoms with Gasteiger partial charge < -0.3 is 9.80 Å². The summed E-state index contributed by atoms with van der Waals surface area (Å²) in [6.07, 6.45) is 4.89. The zero-order valence-corrected chi connectivity index (χ0v) is 16.5. The van der Waals surface area contributed by atoms with Gasteiger partial charge in [-0.05, 0) is 50.3 Å². The fourth-order valence-electron chi connectivity index (χ4n) is 4.90. The average Bonchev–Trinajstić information content (AvgIpc) is 2.67. The summed E-state index contributed by atoms with van der Waals surface area (Å²) in [6.45, 7) is 2.95. The molecule has 1 aromatic rings. The van der Waals surface area contributed by atoms with Gasteiger partial charge in [-0.2, -0.15) is 0 Å². The van der Waals surface area contributed by atoms with Crippen molar-refractivity contribution in [3.63, 3.8) is 0 Å². The minimum atomic E-state index is -0.186. The van der Waals surface area contributed by atoms with Crippen LogP contribution < -0.4 is 4.90 Å². The van der Waals surface area contributed by atoms with Gasteiger partial charge in [-0.3, -0.25) is 9.59 Å². The lowest BCUT2D eigenvalue weighted by atomic mass is 9.71. The van der Waals surface area contributed by atoms with E-state index in [9.17, 15) is 9.59 Å². The van der Waals surface area contributed by atoms with Crippen molar-refractivity contribution in [2.45, 2.75) is 51.4 Å². The van der Waals surface area contributed by atoms with E-state index in [0.29, 0.717) is 12.8 Å². The number of allylic oxidation sites excluding steroid dienone is 4. The molecule has 0 atom stereocenters. The Labute approximate surface area is 161 Å². The minimum Gasteiger partial charge on any atom is -0.378 e. The Morgan fingerprint density at radius 1 is 0.889 bits per heavy atom. The number of Topliss-reactive ketones (excluding diaryl/α,β-unsaturated/α-hetero) is 2. The maximum atomic E-state index is 13.0. The second-order valence-electron chi connectivity index (χ2n) is 7.94. The molecule has 0 radical (unpaired) electrons. The molecule has 1 aromatic carbocycles. The van der Waals surface area contributed by atoms with Crippen LogP contribution in [0.2, 0.25) is 0 Å². The van der Waals surface area contributed by atoms with E-state index in [1.165, 1.54) is 11.4 Å². The zero-order valence-electron chi connectivity index (χ0n) is 16.5. The summed E-state index contributed by atoms with van der Waals surface area (Å²) < 4.78 is 0. The van der Waals surface area contributed by atoms with Crippen molar-refractivity contribution in [1.29, 1.82) is 0 Å². The van der Waals surface area contributed by atoms with Crippen molar-refractivity contribution >= 4 is 17.3 Å².